The highest BCUT2D eigenvalue weighted by Gasteiger charge is 2.46. The first kappa shape index (κ1) is 12.7. The number of methoxy groups -OCH3 is 1. The molecule has 1 fully saturated rings. The van der Waals surface area contributed by atoms with E-state index in [1.165, 1.54) is 17.4 Å². The molecule has 0 aliphatic heterocycles. The van der Waals surface area contributed by atoms with Gasteiger partial charge >= 0.3 is 0 Å². The van der Waals surface area contributed by atoms with Crippen LogP contribution in [0.5, 0.6) is 0 Å². The summed E-state index contributed by atoms with van der Waals surface area (Å²) in [4.78, 5) is 0. The van der Waals surface area contributed by atoms with E-state index in [1.54, 1.807) is 7.11 Å². The van der Waals surface area contributed by atoms with Crippen molar-refractivity contribution in [2.45, 2.75) is 37.8 Å². The minimum atomic E-state index is -0.0995. The van der Waals surface area contributed by atoms with Crippen LogP contribution in [0.1, 0.15) is 36.6 Å². The molecule has 1 N–H and O–H groups in total. The average Bonchev–Trinajstić information content (AvgIpc) is 2.75. The molecule has 0 amide bonds. The third-order valence-corrected chi connectivity index (χ3v) is 4.40. The average molecular weight is 259 g/mol. The fourth-order valence-electron chi connectivity index (χ4n) is 3.13. The predicted octanol–water partition coefficient (Wildman–Crippen LogP) is 3.57. The largest absolute Gasteiger partial charge is 0.459 e. The van der Waals surface area contributed by atoms with E-state index in [4.69, 9.17) is 9.15 Å². The molecule has 0 saturated heterocycles. The maximum atomic E-state index is 6.02. The molecule has 102 valence electrons. The van der Waals surface area contributed by atoms with Crippen molar-refractivity contribution < 1.29 is 9.15 Å². The Bertz CT molecular complexity index is 578. The van der Waals surface area contributed by atoms with Gasteiger partial charge in [-0.1, -0.05) is 11.6 Å². The molecule has 1 heterocycles. The maximum Gasteiger partial charge on any atom is 0.134 e. The number of fused-ring (bicyclic) bond motifs is 1. The lowest BCUT2D eigenvalue weighted by Gasteiger charge is -2.45. The van der Waals surface area contributed by atoms with E-state index in [9.17, 15) is 0 Å². The summed E-state index contributed by atoms with van der Waals surface area (Å²) < 4.78 is 11.8. The standard InChI is InChI=1S/C16H21NO2/c1-11-5-6-13-12(9-11)10-14(19-13)15(17-2)16(18-3)7-4-8-16/h5-6,9-10,15,17H,4,7-8H2,1-3H3. The van der Waals surface area contributed by atoms with Crippen LogP contribution >= 0.6 is 0 Å². The molecule has 0 radical (unpaired) electrons. The summed E-state index contributed by atoms with van der Waals surface area (Å²) >= 11 is 0. The Hall–Kier alpha value is -1.32. The summed E-state index contributed by atoms with van der Waals surface area (Å²) in [7, 11) is 3.78. The zero-order valence-electron chi connectivity index (χ0n) is 11.8. The number of aryl methyl sites for hydroxylation is 1. The van der Waals surface area contributed by atoms with Crippen LogP contribution in [0.25, 0.3) is 11.0 Å². The van der Waals surface area contributed by atoms with Gasteiger partial charge in [0.15, 0.2) is 0 Å². The molecular weight excluding hydrogens is 238 g/mol. The van der Waals surface area contributed by atoms with E-state index >= 15 is 0 Å². The molecule has 1 atom stereocenters. The molecule has 2 aromatic rings. The van der Waals surface area contributed by atoms with Gasteiger partial charge in [-0.3, -0.25) is 0 Å². The number of furan rings is 1. The molecule has 3 heteroatoms. The van der Waals surface area contributed by atoms with Crippen LogP contribution < -0.4 is 5.32 Å². The lowest BCUT2D eigenvalue weighted by molar-refractivity contribution is -0.102. The summed E-state index contributed by atoms with van der Waals surface area (Å²) in [5, 5.41) is 4.54. The second-order valence-corrected chi connectivity index (χ2v) is 5.53. The zero-order valence-corrected chi connectivity index (χ0v) is 11.8. The van der Waals surface area contributed by atoms with Gasteiger partial charge in [0.2, 0.25) is 0 Å². The monoisotopic (exact) mass is 259 g/mol. The highest BCUT2D eigenvalue weighted by molar-refractivity contribution is 5.78. The summed E-state index contributed by atoms with van der Waals surface area (Å²) in [5.41, 5.74) is 2.11. The van der Waals surface area contributed by atoms with E-state index in [-0.39, 0.29) is 11.6 Å². The highest BCUT2D eigenvalue weighted by Crippen LogP contribution is 2.45. The topological polar surface area (TPSA) is 34.4 Å². The first-order valence-electron chi connectivity index (χ1n) is 6.91. The van der Waals surface area contributed by atoms with Crippen molar-refractivity contribution in [1.29, 1.82) is 0 Å². The van der Waals surface area contributed by atoms with E-state index in [2.05, 4.69) is 30.4 Å². The SMILES string of the molecule is CNC(c1cc2cc(C)ccc2o1)C1(OC)CCC1. The lowest BCUT2D eigenvalue weighted by atomic mass is 9.73. The smallest absolute Gasteiger partial charge is 0.134 e. The van der Waals surface area contributed by atoms with Crippen molar-refractivity contribution in [2.75, 3.05) is 14.2 Å². The van der Waals surface area contributed by atoms with Crippen LogP contribution in [0.4, 0.5) is 0 Å². The summed E-state index contributed by atoms with van der Waals surface area (Å²) in [6.07, 6.45) is 3.40. The number of benzene rings is 1. The van der Waals surface area contributed by atoms with Crippen molar-refractivity contribution in [3.63, 3.8) is 0 Å². The number of hydrogen-bond donors (Lipinski definition) is 1. The van der Waals surface area contributed by atoms with Gasteiger partial charge in [-0.15, -0.1) is 0 Å². The molecule has 1 aromatic carbocycles. The molecule has 3 rings (SSSR count). The summed E-state index contributed by atoms with van der Waals surface area (Å²) in [6.45, 7) is 2.10. The Labute approximate surface area is 113 Å². The molecule has 1 aromatic heterocycles. The van der Waals surface area contributed by atoms with E-state index < -0.39 is 0 Å². The molecule has 1 saturated carbocycles. The van der Waals surface area contributed by atoms with Gasteiger partial charge in [0.25, 0.3) is 0 Å². The highest BCUT2D eigenvalue weighted by atomic mass is 16.5. The van der Waals surface area contributed by atoms with Crippen molar-refractivity contribution in [3.05, 3.63) is 35.6 Å². The van der Waals surface area contributed by atoms with Gasteiger partial charge < -0.3 is 14.5 Å². The second kappa shape index (κ2) is 4.66. The molecule has 0 bridgehead atoms. The van der Waals surface area contributed by atoms with E-state index in [0.717, 1.165) is 24.2 Å². The maximum absolute atomic E-state index is 6.02. The fraction of sp³-hybridized carbons (Fsp3) is 0.500. The summed E-state index contributed by atoms with van der Waals surface area (Å²) in [5.74, 6) is 0.977. The molecule has 0 spiro atoms. The molecular formula is C16H21NO2. The Balaban J connectivity index is 2.01. The van der Waals surface area contributed by atoms with Gasteiger partial charge in [-0.25, -0.2) is 0 Å². The zero-order chi connectivity index (χ0) is 13.5. The van der Waals surface area contributed by atoms with Gasteiger partial charge in [-0.05, 0) is 51.4 Å². The lowest BCUT2D eigenvalue weighted by Crippen LogP contribution is -2.49. The second-order valence-electron chi connectivity index (χ2n) is 5.53. The van der Waals surface area contributed by atoms with E-state index in [1.807, 2.05) is 13.1 Å². The van der Waals surface area contributed by atoms with Gasteiger partial charge in [0, 0.05) is 12.5 Å². The predicted molar refractivity (Wildman–Crippen MR) is 76.3 cm³/mol. The number of ether oxygens (including phenoxy) is 1. The van der Waals surface area contributed by atoms with Gasteiger partial charge in [-0.2, -0.15) is 0 Å². The van der Waals surface area contributed by atoms with Crippen molar-refractivity contribution in [1.82, 2.24) is 5.32 Å². The van der Waals surface area contributed by atoms with Crippen LogP contribution in [0.3, 0.4) is 0 Å². The molecule has 19 heavy (non-hydrogen) atoms. The number of hydrogen-bond acceptors (Lipinski definition) is 3. The molecule has 1 aliphatic carbocycles. The van der Waals surface area contributed by atoms with Crippen molar-refractivity contribution in [2.24, 2.45) is 0 Å². The Kier molecular flexibility index (Phi) is 3.11. The normalized spacial score (nSPS) is 19.3. The Morgan fingerprint density at radius 2 is 2.11 bits per heavy atom. The first-order valence-corrected chi connectivity index (χ1v) is 6.91. The van der Waals surface area contributed by atoms with Crippen LogP contribution in [-0.4, -0.2) is 19.8 Å². The van der Waals surface area contributed by atoms with Crippen LogP contribution in [0.15, 0.2) is 28.7 Å². The Morgan fingerprint density at radius 1 is 1.32 bits per heavy atom. The van der Waals surface area contributed by atoms with Gasteiger partial charge in [0.1, 0.15) is 11.3 Å². The molecule has 3 nitrogen and oxygen atoms in total. The quantitative estimate of drug-likeness (QED) is 0.911. The molecule has 1 aliphatic rings. The van der Waals surface area contributed by atoms with Crippen molar-refractivity contribution in [3.8, 4) is 0 Å². The van der Waals surface area contributed by atoms with Crippen molar-refractivity contribution >= 4 is 11.0 Å². The van der Waals surface area contributed by atoms with Gasteiger partial charge in [0.05, 0.1) is 11.6 Å². The minimum Gasteiger partial charge on any atom is -0.459 e. The third kappa shape index (κ3) is 1.97. The summed E-state index contributed by atoms with van der Waals surface area (Å²) in [6, 6.07) is 8.55. The fourth-order valence-corrected chi connectivity index (χ4v) is 3.13. The van der Waals surface area contributed by atoms with E-state index in [0.29, 0.717) is 0 Å². The number of likely N-dealkylation sites (N-methyl/N-ethyl adjacent to an activating group) is 1. The van der Waals surface area contributed by atoms with Crippen LogP contribution in [-0.2, 0) is 4.74 Å². The Morgan fingerprint density at radius 3 is 2.68 bits per heavy atom. The number of nitrogens with one attached hydrogen (secondary N) is 1. The number of rotatable bonds is 4. The molecule has 1 unspecified atom stereocenters. The van der Waals surface area contributed by atoms with Crippen LogP contribution in [0.2, 0.25) is 0 Å². The minimum absolute atomic E-state index is 0.0995. The first-order chi connectivity index (χ1) is 9.18. The van der Waals surface area contributed by atoms with Crippen LogP contribution in [0, 0.1) is 6.92 Å². The third-order valence-electron chi connectivity index (χ3n) is 4.40.